The molecule has 0 aliphatic rings. The van der Waals surface area contributed by atoms with E-state index in [-0.39, 0.29) is 11.9 Å². The van der Waals surface area contributed by atoms with Gasteiger partial charge in [0.2, 0.25) is 0 Å². The van der Waals surface area contributed by atoms with E-state index in [1.807, 2.05) is 12.1 Å². The molecule has 0 saturated heterocycles. The van der Waals surface area contributed by atoms with Crippen molar-refractivity contribution in [3.05, 3.63) is 59.0 Å². The lowest BCUT2D eigenvalue weighted by Crippen LogP contribution is -2.15. The Labute approximate surface area is 106 Å². The molecule has 1 aromatic heterocycles. The molecule has 2 aromatic rings. The summed E-state index contributed by atoms with van der Waals surface area (Å²) in [6, 6.07) is 8.48. The molecule has 0 fully saturated rings. The molecule has 0 radical (unpaired) electrons. The third-order valence-corrected chi connectivity index (χ3v) is 2.92. The highest BCUT2D eigenvalue weighted by Gasteiger charge is 2.13. The molecule has 18 heavy (non-hydrogen) atoms. The van der Waals surface area contributed by atoms with E-state index in [0.29, 0.717) is 23.4 Å². The van der Waals surface area contributed by atoms with Crippen molar-refractivity contribution < 1.29 is 4.39 Å². The Hall–Kier alpha value is -1.94. The highest BCUT2D eigenvalue weighted by molar-refractivity contribution is 5.34. The molecule has 4 heteroatoms. The van der Waals surface area contributed by atoms with Gasteiger partial charge in [0, 0.05) is 17.8 Å². The van der Waals surface area contributed by atoms with E-state index in [2.05, 4.69) is 4.98 Å². The van der Waals surface area contributed by atoms with Gasteiger partial charge in [-0.3, -0.25) is 0 Å². The molecule has 1 unspecified atom stereocenters. The quantitative estimate of drug-likeness (QED) is 0.872. The van der Waals surface area contributed by atoms with Gasteiger partial charge in [0.15, 0.2) is 0 Å². The van der Waals surface area contributed by atoms with Crippen LogP contribution in [-0.4, -0.2) is 4.98 Å². The number of pyridine rings is 1. The third kappa shape index (κ3) is 2.65. The Morgan fingerprint density at radius 1 is 1.33 bits per heavy atom. The van der Waals surface area contributed by atoms with Crippen molar-refractivity contribution in [2.24, 2.45) is 5.73 Å². The van der Waals surface area contributed by atoms with Crippen molar-refractivity contribution in [2.75, 3.05) is 5.73 Å². The number of aryl methyl sites for hydroxylation is 1. The molecule has 0 spiro atoms. The minimum absolute atomic E-state index is 0.230. The number of halogens is 1. The van der Waals surface area contributed by atoms with Crippen LogP contribution in [0.3, 0.4) is 0 Å². The highest BCUT2D eigenvalue weighted by atomic mass is 19.1. The molecule has 2 rings (SSSR count). The van der Waals surface area contributed by atoms with Crippen LogP contribution in [0, 0.1) is 12.7 Å². The number of nitrogens with two attached hydrogens (primary N) is 2. The van der Waals surface area contributed by atoms with Gasteiger partial charge >= 0.3 is 0 Å². The van der Waals surface area contributed by atoms with Gasteiger partial charge in [0.05, 0.1) is 0 Å². The monoisotopic (exact) mass is 245 g/mol. The van der Waals surface area contributed by atoms with Crippen LogP contribution in [0.5, 0.6) is 0 Å². The van der Waals surface area contributed by atoms with Crippen LogP contribution in [0.4, 0.5) is 10.2 Å². The zero-order valence-electron chi connectivity index (χ0n) is 10.2. The lowest BCUT2D eigenvalue weighted by atomic mass is 9.98. The maximum Gasteiger partial charge on any atom is 0.130 e. The molecule has 1 aromatic carbocycles. The first-order valence-corrected chi connectivity index (χ1v) is 5.79. The van der Waals surface area contributed by atoms with Crippen molar-refractivity contribution in [3.63, 3.8) is 0 Å². The van der Waals surface area contributed by atoms with E-state index in [9.17, 15) is 4.39 Å². The predicted molar refractivity (Wildman–Crippen MR) is 70.4 cm³/mol. The maximum atomic E-state index is 13.9. The van der Waals surface area contributed by atoms with Gasteiger partial charge < -0.3 is 11.5 Å². The summed E-state index contributed by atoms with van der Waals surface area (Å²) in [6.45, 7) is 1.73. The number of nitrogen functional groups attached to an aromatic ring is 1. The zero-order valence-corrected chi connectivity index (χ0v) is 10.2. The molecule has 0 amide bonds. The van der Waals surface area contributed by atoms with Gasteiger partial charge in [-0.05, 0) is 36.6 Å². The number of nitrogens with zero attached hydrogens (tertiary/aromatic N) is 1. The number of aromatic nitrogens is 1. The molecule has 3 nitrogen and oxygen atoms in total. The second kappa shape index (κ2) is 5.14. The van der Waals surface area contributed by atoms with Crippen LogP contribution in [0.25, 0.3) is 0 Å². The van der Waals surface area contributed by atoms with E-state index >= 15 is 0 Å². The summed E-state index contributed by atoms with van der Waals surface area (Å²) in [6.07, 6.45) is 2.16. The summed E-state index contributed by atoms with van der Waals surface area (Å²) < 4.78 is 13.9. The average Bonchev–Trinajstić information content (AvgIpc) is 2.32. The van der Waals surface area contributed by atoms with Gasteiger partial charge in [0.25, 0.3) is 0 Å². The van der Waals surface area contributed by atoms with Crippen molar-refractivity contribution in [1.29, 1.82) is 0 Å². The average molecular weight is 245 g/mol. The summed E-state index contributed by atoms with van der Waals surface area (Å²) in [5.74, 6) is 0.219. The van der Waals surface area contributed by atoms with E-state index in [1.54, 1.807) is 31.3 Å². The molecule has 0 aliphatic carbocycles. The summed E-state index contributed by atoms with van der Waals surface area (Å²) in [4.78, 5) is 3.91. The topological polar surface area (TPSA) is 64.9 Å². The predicted octanol–water partition coefficient (Wildman–Crippen LogP) is 2.35. The number of anilines is 1. The third-order valence-electron chi connectivity index (χ3n) is 2.92. The lowest BCUT2D eigenvalue weighted by molar-refractivity contribution is 0.573. The maximum absolute atomic E-state index is 13.9. The second-order valence-electron chi connectivity index (χ2n) is 4.38. The summed E-state index contributed by atoms with van der Waals surface area (Å²) in [5.41, 5.74) is 13.7. The summed E-state index contributed by atoms with van der Waals surface area (Å²) >= 11 is 0. The smallest absolute Gasteiger partial charge is 0.130 e. The largest absolute Gasteiger partial charge is 0.384 e. The first kappa shape index (κ1) is 12.5. The van der Waals surface area contributed by atoms with Crippen LogP contribution in [0.2, 0.25) is 0 Å². The summed E-state index contributed by atoms with van der Waals surface area (Å²) in [5, 5.41) is 0. The van der Waals surface area contributed by atoms with Crippen LogP contribution >= 0.6 is 0 Å². The standard InChI is InChI=1S/C14H16FN3/c1-9-3-2-4-11(14(9)15)12(16)7-10-5-6-18-13(17)8-10/h2-6,8,12H,7,16H2,1H3,(H2,17,18). The number of hydrogen-bond acceptors (Lipinski definition) is 3. The second-order valence-corrected chi connectivity index (χ2v) is 4.38. The Bertz CT molecular complexity index is 554. The Kier molecular flexibility index (Phi) is 3.58. The van der Waals surface area contributed by atoms with E-state index in [1.165, 1.54) is 0 Å². The SMILES string of the molecule is Cc1cccc(C(N)Cc2ccnc(N)c2)c1F. The minimum Gasteiger partial charge on any atom is -0.384 e. The van der Waals surface area contributed by atoms with Crippen LogP contribution in [-0.2, 0) is 6.42 Å². The van der Waals surface area contributed by atoms with Gasteiger partial charge in [-0.15, -0.1) is 0 Å². The minimum atomic E-state index is -0.383. The van der Waals surface area contributed by atoms with Gasteiger partial charge in [0.1, 0.15) is 11.6 Å². The Morgan fingerprint density at radius 2 is 2.11 bits per heavy atom. The fraction of sp³-hybridized carbons (Fsp3) is 0.214. The first-order valence-electron chi connectivity index (χ1n) is 5.79. The van der Waals surface area contributed by atoms with Crippen molar-refractivity contribution in [1.82, 2.24) is 4.98 Å². The summed E-state index contributed by atoms with van der Waals surface area (Å²) in [7, 11) is 0. The van der Waals surface area contributed by atoms with E-state index < -0.39 is 0 Å². The van der Waals surface area contributed by atoms with Crippen LogP contribution < -0.4 is 11.5 Å². The number of benzene rings is 1. The fourth-order valence-corrected chi connectivity index (χ4v) is 1.94. The molecule has 0 saturated carbocycles. The van der Waals surface area contributed by atoms with Crippen molar-refractivity contribution in [3.8, 4) is 0 Å². The first-order chi connectivity index (χ1) is 8.58. The van der Waals surface area contributed by atoms with Crippen molar-refractivity contribution >= 4 is 5.82 Å². The molecule has 1 heterocycles. The van der Waals surface area contributed by atoms with Gasteiger partial charge in [-0.1, -0.05) is 18.2 Å². The molecule has 94 valence electrons. The Balaban J connectivity index is 2.22. The molecule has 1 atom stereocenters. The Morgan fingerprint density at radius 3 is 2.83 bits per heavy atom. The normalized spacial score (nSPS) is 12.4. The van der Waals surface area contributed by atoms with Gasteiger partial charge in [-0.25, -0.2) is 9.37 Å². The fourth-order valence-electron chi connectivity index (χ4n) is 1.94. The molecular weight excluding hydrogens is 229 g/mol. The number of rotatable bonds is 3. The van der Waals surface area contributed by atoms with E-state index in [4.69, 9.17) is 11.5 Å². The van der Waals surface area contributed by atoms with Crippen molar-refractivity contribution in [2.45, 2.75) is 19.4 Å². The zero-order chi connectivity index (χ0) is 13.1. The molecule has 0 bridgehead atoms. The lowest BCUT2D eigenvalue weighted by Gasteiger charge is -2.14. The van der Waals surface area contributed by atoms with E-state index in [0.717, 1.165) is 5.56 Å². The highest BCUT2D eigenvalue weighted by Crippen LogP contribution is 2.21. The van der Waals surface area contributed by atoms with Crippen LogP contribution in [0.1, 0.15) is 22.7 Å². The van der Waals surface area contributed by atoms with Gasteiger partial charge in [-0.2, -0.15) is 0 Å². The number of hydrogen-bond donors (Lipinski definition) is 2. The molecule has 0 aliphatic heterocycles. The van der Waals surface area contributed by atoms with Crippen LogP contribution in [0.15, 0.2) is 36.5 Å². The molecule has 4 N–H and O–H groups in total. The molecular formula is C14H16FN3.